The van der Waals surface area contributed by atoms with Crippen LogP contribution < -0.4 is 9.80 Å². The molecule has 0 aliphatic carbocycles. The van der Waals surface area contributed by atoms with Crippen molar-refractivity contribution in [2.24, 2.45) is 5.92 Å². The zero-order valence-electron chi connectivity index (χ0n) is 13.9. The smallest absolute Gasteiger partial charge is 0.309 e. The standard InChI is InChI=1S/C18H24N2O3/c1-13-11-15-5-3-4-6-16(15)20(13)17(21)12-19-9-7-14(8-10-19)18(22)23-2/h3-6,13-14H,7-12H2,1-2H3/p+1/t13-/m0/s1. The minimum Gasteiger partial charge on any atom is -0.469 e. The van der Waals surface area contributed by atoms with E-state index in [1.165, 1.54) is 17.6 Å². The van der Waals surface area contributed by atoms with Gasteiger partial charge in [-0.2, -0.15) is 0 Å². The third-order valence-corrected chi connectivity index (χ3v) is 5.10. The number of carbonyl (C=O) groups excluding carboxylic acids is 2. The lowest BCUT2D eigenvalue weighted by Gasteiger charge is -2.30. The number of ether oxygens (including phenoxy) is 1. The Labute approximate surface area is 137 Å². The first-order valence-electron chi connectivity index (χ1n) is 8.41. The summed E-state index contributed by atoms with van der Waals surface area (Å²) in [5.41, 5.74) is 2.32. The predicted octanol–water partition coefficient (Wildman–Crippen LogP) is 0.432. The third kappa shape index (κ3) is 3.24. The van der Waals surface area contributed by atoms with Crippen LogP contribution in [0.2, 0.25) is 0 Å². The fourth-order valence-electron chi connectivity index (χ4n) is 3.85. The Kier molecular flexibility index (Phi) is 4.66. The Balaban J connectivity index is 1.59. The monoisotopic (exact) mass is 317 g/mol. The average molecular weight is 317 g/mol. The Bertz CT molecular complexity index is 594. The molecule has 1 aromatic carbocycles. The number of anilines is 1. The Hall–Kier alpha value is -1.88. The van der Waals surface area contributed by atoms with Crippen LogP contribution in [0.1, 0.15) is 25.3 Å². The highest BCUT2D eigenvalue weighted by Crippen LogP contribution is 2.31. The molecule has 0 saturated carbocycles. The van der Waals surface area contributed by atoms with E-state index in [2.05, 4.69) is 13.0 Å². The van der Waals surface area contributed by atoms with Gasteiger partial charge in [-0.3, -0.25) is 9.59 Å². The Morgan fingerprint density at radius 1 is 1.26 bits per heavy atom. The largest absolute Gasteiger partial charge is 0.469 e. The topological polar surface area (TPSA) is 51.1 Å². The maximum Gasteiger partial charge on any atom is 0.309 e. The molecule has 0 unspecified atom stereocenters. The van der Waals surface area contributed by atoms with Crippen LogP contribution in [0.25, 0.3) is 0 Å². The van der Waals surface area contributed by atoms with E-state index in [1.807, 2.05) is 23.1 Å². The van der Waals surface area contributed by atoms with Gasteiger partial charge in [-0.05, 0) is 25.0 Å². The quantitative estimate of drug-likeness (QED) is 0.823. The summed E-state index contributed by atoms with van der Waals surface area (Å²) in [7, 11) is 1.44. The Morgan fingerprint density at radius 3 is 2.65 bits per heavy atom. The zero-order chi connectivity index (χ0) is 16.4. The second-order valence-corrected chi connectivity index (χ2v) is 6.67. The number of hydrogen-bond donors (Lipinski definition) is 1. The molecule has 1 aromatic rings. The van der Waals surface area contributed by atoms with Gasteiger partial charge in [0.25, 0.3) is 5.91 Å². The number of hydrogen-bond acceptors (Lipinski definition) is 3. The normalized spacial score (nSPS) is 26.7. The lowest BCUT2D eigenvalue weighted by molar-refractivity contribution is -0.897. The van der Waals surface area contributed by atoms with Crippen molar-refractivity contribution in [3.8, 4) is 0 Å². The number of esters is 1. The third-order valence-electron chi connectivity index (χ3n) is 5.10. The van der Waals surface area contributed by atoms with Crippen molar-refractivity contribution < 1.29 is 19.2 Å². The van der Waals surface area contributed by atoms with Crippen LogP contribution in [0.5, 0.6) is 0 Å². The second kappa shape index (κ2) is 6.71. The van der Waals surface area contributed by atoms with Crippen molar-refractivity contribution in [2.45, 2.75) is 32.2 Å². The molecule has 1 amide bonds. The van der Waals surface area contributed by atoms with E-state index in [-0.39, 0.29) is 23.8 Å². The fraction of sp³-hybridized carbons (Fsp3) is 0.556. The van der Waals surface area contributed by atoms with Gasteiger partial charge in [0.1, 0.15) is 0 Å². The van der Waals surface area contributed by atoms with Crippen molar-refractivity contribution in [1.82, 2.24) is 0 Å². The van der Waals surface area contributed by atoms with Crippen LogP contribution in [0, 0.1) is 5.92 Å². The number of methoxy groups -OCH3 is 1. The molecule has 1 N–H and O–H groups in total. The van der Waals surface area contributed by atoms with Crippen molar-refractivity contribution in [1.29, 1.82) is 0 Å². The predicted molar refractivity (Wildman–Crippen MR) is 87.4 cm³/mol. The molecule has 2 aliphatic rings. The molecule has 23 heavy (non-hydrogen) atoms. The van der Waals surface area contributed by atoms with Gasteiger partial charge in [0.2, 0.25) is 0 Å². The lowest BCUT2D eigenvalue weighted by Crippen LogP contribution is -3.14. The van der Waals surface area contributed by atoms with Crippen LogP contribution >= 0.6 is 0 Å². The summed E-state index contributed by atoms with van der Waals surface area (Å²) in [5.74, 6) is 0.0803. The number of nitrogens with one attached hydrogen (secondary N) is 1. The van der Waals surface area contributed by atoms with Crippen LogP contribution in [-0.2, 0) is 20.7 Å². The number of quaternary nitrogens is 1. The van der Waals surface area contributed by atoms with E-state index < -0.39 is 0 Å². The van der Waals surface area contributed by atoms with Crippen molar-refractivity contribution >= 4 is 17.6 Å². The van der Waals surface area contributed by atoms with Gasteiger partial charge in [0.15, 0.2) is 6.54 Å². The molecule has 1 atom stereocenters. The highest BCUT2D eigenvalue weighted by molar-refractivity contribution is 5.96. The van der Waals surface area contributed by atoms with Crippen LogP contribution in [0.4, 0.5) is 5.69 Å². The minimum atomic E-state index is -0.113. The van der Waals surface area contributed by atoms with Crippen molar-refractivity contribution in [3.63, 3.8) is 0 Å². The van der Waals surface area contributed by atoms with E-state index in [0.717, 1.165) is 38.0 Å². The van der Waals surface area contributed by atoms with Gasteiger partial charge >= 0.3 is 5.97 Å². The van der Waals surface area contributed by atoms with E-state index in [0.29, 0.717) is 6.54 Å². The summed E-state index contributed by atoms with van der Waals surface area (Å²) >= 11 is 0. The lowest BCUT2D eigenvalue weighted by atomic mass is 9.97. The van der Waals surface area contributed by atoms with E-state index in [1.54, 1.807) is 0 Å². The highest BCUT2D eigenvalue weighted by atomic mass is 16.5. The molecule has 0 bridgehead atoms. The van der Waals surface area contributed by atoms with Gasteiger partial charge in [-0.1, -0.05) is 18.2 Å². The SMILES string of the molecule is COC(=O)C1CC[NH+](CC(=O)N2c3ccccc3C[C@@H]2C)CC1. The van der Waals surface area contributed by atoms with Crippen molar-refractivity contribution in [3.05, 3.63) is 29.8 Å². The number of amides is 1. The average Bonchev–Trinajstić information content (AvgIpc) is 2.90. The molecule has 2 heterocycles. The number of nitrogens with zero attached hydrogens (tertiary/aromatic N) is 1. The Morgan fingerprint density at radius 2 is 1.96 bits per heavy atom. The number of likely N-dealkylation sites (tertiary alicyclic amines) is 1. The summed E-state index contributed by atoms with van der Waals surface area (Å²) in [6.45, 7) is 4.33. The maximum atomic E-state index is 12.8. The van der Waals surface area contributed by atoms with Crippen LogP contribution in [0.3, 0.4) is 0 Å². The second-order valence-electron chi connectivity index (χ2n) is 6.67. The molecular formula is C18H25N2O3+. The summed E-state index contributed by atoms with van der Waals surface area (Å²) in [6.07, 6.45) is 2.55. The summed E-state index contributed by atoms with van der Waals surface area (Å²) in [6, 6.07) is 8.39. The molecule has 0 aromatic heterocycles. The molecule has 0 radical (unpaired) electrons. The first-order chi connectivity index (χ1) is 11.1. The van der Waals surface area contributed by atoms with E-state index in [4.69, 9.17) is 4.74 Å². The molecule has 1 fully saturated rings. The number of carbonyl (C=O) groups is 2. The first kappa shape index (κ1) is 16.0. The molecule has 124 valence electrons. The zero-order valence-corrected chi connectivity index (χ0v) is 13.9. The van der Waals surface area contributed by atoms with Gasteiger partial charge in [-0.15, -0.1) is 0 Å². The van der Waals surface area contributed by atoms with Gasteiger partial charge in [-0.25, -0.2) is 0 Å². The molecule has 5 heteroatoms. The summed E-state index contributed by atoms with van der Waals surface area (Å²) in [5, 5.41) is 0. The number of benzene rings is 1. The molecule has 0 spiro atoms. The van der Waals surface area contributed by atoms with Crippen LogP contribution in [-0.4, -0.2) is 44.7 Å². The van der Waals surface area contributed by atoms with Gasteiger partial charge in [0.05, 0.1) is 26.1 Å². The van der Waals surface area contributed by atoms with Crippen LogP contribution in [0.15, 0.2) is 24.3 Å². The van der Waals surface area contributed by atoms with E-state index in [9.17, 15) is 9.59 Å². The minimum absolute atomic E-state index is 0.00490. The number of fused-ring (bicyclic) bond motifs is 1. The molecule has 1 saturated heterocycles. The molecule has 2 aliphatic heterocycles. The van der Waals surface area contributed by atoms with Gasteiger partial charge < -0.3 is 14.5 Å². The molecule has 3 rings (SSSR count). The maximum absolute atomic E-state index is 12.8. The fourth-order valence-corrected chi connectivity index (χ4v) is 3.85. The highest BCUT2D eigenvalue weighted by Gasteiger charge is 2.34. The van der Waals surface area contributed by atoms with E-state index >= 15 is 0 Å². The summed E-state index contributed by atoms with van der Waals surface area (Å²) < 4.78 is 4.82. The summed E-state index contributed by atoms with van der Waals surface area (Å²) in [4.78, 5) is 27.6. The number of para-hydroxylation sites is 1. The first-order valence-corrected chi connectivity index (χ1v) is 8.41. The number of rotatable bonds is 3. The molecular weight excluding hydrogens is 292 g/mol. The van der Waals surface area contributed by atoms with Gasteiger partial charge in [0, 0.05) is 24.6 Å². The molecule has 5 nitrogen and oxygen atoms in total. The van der Waals surface area contributed by atoms with Crippen molar-refractivity contribution in [2.75, 3.05) is 31.6 Å². The number of piperidine rings is 1.